The molecule has 2 aromatic rings. The maximum absolute atomic E-state index is 13.0. The molecule has 0 bridgehead atoms. The fourth-order valence-electron chi connectivity index (χ4n) is 3.61. The van der Waals surface area contributed by atoms with Crippen LogP contribution in [0.4, 0.5) is 9.59 Å². The van der Waals surface area contributed by atoms with Crippen molar-refractivity contribution in [3.63, 3.8) is 0 Å². The Morgan fingerprint density at radius 3 is 2.00 bits per heavy atom. The minimum atomic E-state index is -0.707. The molecule has 1 saturated heterocycles. The molecule has 3 amide bonds. The summed E-state index contributed by atoms with van der Waals surface area (Å²) in [6.07, 6.45) is 0.560. The number of morpholine rings is 1. The predicted molar refractivity (Wildman–Crippen MR) is 129 cm³/mol. The van der Waals surface area contributed by atoms with Gasteiger partial charge in [0.05, 0.1) is 13.2 Å². The molecule has 35 heavy (non-hydrogen) atoms. The standard InChI is InChI=1S/C26H33N3O6/c30-24(29-15-17-33-18-16-29)23(28-26(32)35-20-22-11-5-2-6-12-22)13-7-8-14-27-25(31)34-19-21-9-3-1-4-10-21/h1-6,9-12,23H,7-8,13-20H2,(H,27,31)(H,28,32). The Bertz CT molecular complexity index is 919. The summed E-state index contributed by atoms with van der Waals surface area (Å²) in [5.41, 5.74) is 1.78. The molecule has 0 saturated carbocycles. The van der Waals surface area contributed by atoms with Crippen LogP contribution in [0.1, 0.15) is 30.4 Å². The summed E-state index contributed by atoms with van der Waals surface area (Å²) in [6, 6.07) is 18.1. The molecule has 1 aliphatic rings. The first-order chi connectivity index (χ1) is 17.1. The van der Waals surface area contributed by atoms with E-state index in [-0.39, 0.29) is 19.1 Å². The van der Waals surface area contributed by atoms with E-state index in [4.69, 9.17) is 14.2 Å². The quantitative estimate of drug-likeness (QED) is 0.476. The Balaban J connectivity index is 1.40. The molecule has 0 aromatic heterocycles. The lowest BCUT2D eigenvalue weighted by Crippen LogP contribution is -2.51. The number of nitrogens with zero attached hydrogens (tertiary/aromatic N) is 1. The summed E-state index contributed by atoms with van der Waals surface area (Å²) >= 11 is 0. The minimum absolute atomic E-state index is 0.125. The van der Waals surface area contributed by atoms with Crippen molar-refractivity contribution in [1.29, 1.82) is 0 Å². The van der Waals surface area contributed by atoms with Gasteiger partial charge < -0.3 is 29.7 Å². The molecule has 3 rings (SSSR count). The van der Waals surface area contributed by atoms with E-state index in [1.807, 2.05) is 60.7 Å². The average Bonchev–Trinajstić information content (AvgIpc) is 2.91. The molecule has 1 atom stereocenters. The van der Waals surface area contributed by atoms with Crippen LogP contribution < -0.4 is 10.6 Å². The zero-order valence-corrected chi connectivity index (χ0v) is 19.8. The van der Waals surface area contributed by atoms with Crippen molar-refractivity contribution in [1.82, 2.24) is 15.5 Å². The summed E-state index contributed by atoms with van der Waals surface area (Å²) in [6.45, 7) is 2.68. The highest BCUT2D eigenvalue weighted by Gasteiger charge is 2.27. The summed E-state index contributed by atoms with van der Waals surface area (Å²) in [7, 11) is 0. The van der Waals surface area contributed by atoms with E-state index in [0.29, 0.717) is 52.1 Å². The van der Waals surface area contributed by atoms with Gasteiger partial charge in [0, 0.05) is 19.6 Å². The molecule has 9 nitrogen and oxygen atoms in total. The van der Waals surface area contributed by atoms with Crippen molar-refractivity contribution in [2.75, 3.05) is 32.8 Å². The number of rotatable bonds is 11. The number of hydrogen-bond acceptors (Lipinski definition) is 6. The molecular formula is C26H33N3O6. The number of carbonyl (C=O) groups excluding carboxylic acids is 3. The maximum Gasteiger partial charge on any atom is 0.408 e. The van der Waals surface area contributed by atoms with E-state index in [0.717, 1.165) is 11.1 Å². The molecule has 2 N–H and O–H groups in total. The van der Waals surface area contributed by atoms with E-state index in [1.54, 1.807) is 4.90 Å². The van der Waals surface area contributed by atoms with Crippen LogP contribution in [0.2, 0.25) is 0 Å². The molecule has 1 heterocycles. The predicted octanol–water partition coefficient (Wildman–Crippen LogP) is 3.24. The smallest absolute Gasteiger partial charge is 0.408 e. The SMILES string of the molecule is O=C(NCCCCC(NC(=O)OCc1ccccc1)C(=O)N1CCOCC1)OCc1ccccc1. The van der Waals surface area contributed by atoms with E-state index < -0.39 is 18.2 Å². The van der Waals surface area contributed by atoms with Gasteiger partial charge in [0.1, 0.15) is 19.3 Å². The van der Waals surface area contributed by atoms with Crippen LogP contribution in [0, 0.1) is 0 Å². The van der Waals surface area contributed by atoms with Crippen LogP contribution in [0.5, 0.6) is 0 Å². The number of carbonyl (C=O) groups is 3. The second-order valence-electron chi connectivity index (χ2n) is 8.18. The Morgan fingerprint density at radius 2 is 1.40 bits per heavy atom. The van der Waals surface area contributed by atoms with Crippen LogP contribution in [-0.4, -0.2) is 61.9 Å². The Hall–Kier alpha value is -3.59. The zero-order valence-electron chi connectivity index (χ0n) is 19.8. The zero-order chi connectivity index (χ0) is 24.7. The van der Waals surface area contributed by atoms with E-state index in [9.17, 15) is 14.4 Å². The first-order valence-electron chi connectivity index (χ1n) is 11.9. The summed E-state index contributed by atoms with van der Waals surface area (Å²) < 4.78 is 15.8. The monoisotopic (exact) mass is 483 g/mol. The van der Waals surface area contributed by atoms with Crippen LogP contribution in [0.3, 0.4) is 0 Å². The fraction of sp³-hybridized carbons (Fsp3) is 0.423. The first-order valence-corrected chi connectivity index (χ1v) is 11.9. The van der Waals surface area contributed by atoms with Gasteiger partial charge in [0.2, 0.25) is 5.91 Å². The van der Waals surface area contributed by atoms with Gasteiger partial charge in [-0.15, -0.1) is 0 Å². The summed E-state index contributed by atoms with van der Waals surface area (Å²) in [5, 5.41) is 5.43. The van der Waals surface area contributed by atoms with Gasteiger partial charge in [0.15, 0.2) is 0 Å². The second-order valence-corrected chi connectivity index (χ2v) is 8.18. The fourth-order valence-corrected chi connectivity index (χ4v) is 3.61. The molecule has 0 spiro atoms. The molecule has 1 unspecified atom stereocenters. The van der Waals surface area contributed by atoms with Gasteiger partial charge >= 0.3 is 12.2 Å². The second kappa shape index (κ2) is 14.6. The van der Waals surface area contributed by atoms with Crippen LogP contribution in [0.15, 0.2) is 60.7 Å². The lowest BCUT2D eigenvalue weighted by molar-refractivity contribution is -0.137. The van der Waals surface area contributed by atoms with Crippen LogP contribution in [-0.2, 0) is 32.2 Å². The molecule has 0 radical (unpaired) electrons. The highest BCUT2D eigenvalue weighted by molar-refractivity contribution is 5.85. The van der Waals surface area contributed by atoms with Gasteiger partial charge in [-0.05, 0) is 30.4 Å². The molecule has 2 aromatic carbocycles. The van der Waals surface area contributed by atoms with Gasteiger partial charge in [-0.2, -0.15) is 0 Å². The largest absolute Gasteiger partial charge is 0.445 e. The maximum atomic E-state index is 13.0. The Kier molecular flexibility index (Phi) is 10.9. The van der Waals surface area contributed by atoms with Crippen molar-refractivity contribution in [3.05, 3.63) is 71.8 Å². The van der Waals surface area contributed by atoms with Crippen molar-refractivity contribution in [2.45, 2.75) is 38.5 Å². The van der Waals surface area contributed by atoms with Crippen molar-refractivity contribution < 1.29 is 28.6 Å². The van der Waals surface area contributed by atoms with Crippen LogP contribution in [0.25, 0.3) is 0 Å². The molecule has 1 fully saturated rings. The number of hydrogen-bond donors (Lipinski definition) is 2. The van der Waals surface area contributed by atoms with E-state index >= 15 is 0 Å². The molecule has 0 aliphatic carbocycles. The lowest BCUT2D eigenvalue weighted by Gasteiger charge is -2.30. The van der Waals surface area contributed by atoms with Crippen molar-refractivity contribution >= 4 is 18.1 Å². The van der Waals surface area contributed by atoms with Crippen LogP contribution >= 0.6 is 0 Å². The Labute approximate surface area is 205 Å². The highest BCUT2D eigenvalue weighted by atomic mass is 16.6. The third-order valence-corrected chi connectivity index (χ3v) is 5.53. The third-order valence-electron chi connectivity index (χ3n) is 5.53. The normalized spacial score (nSPS) is 14.0. The first kappa shape index (κ1) is 26.0. The number of ether oxygens (including phenoxy) is 3. The van der Waals surface area contributed by atoms with Gasteiger partial charge in [-0.3, -0.25) is 4.79 Å². The number of benzene rings is 2. The number of alkyl carbamates (subject to hydrolysis) is 2. The summed E-state index contributed by atoms with van der Waals surface area (Å²) in [4.78, 5) is 39.0. The van der Waals surface area contributed by atoms with Gasteiger partial charge in [-0.25, -0.2) is 9.59 Å². The van der Waals surface area contributed by atoms with Crippen molar-refractivity contribution in [3.8, 4) is 0 Å². The average molecular weight is 484 g/mol. The minimum Gasteiger partial charge on any atom is -0.445 e. The molecule has 1 aliphatic heterocycles. The van der Waals surface area contributed by atoms with E-state index in [1.165, 1.54) is 0 Å². The molecule has 188 valence electrons. The number of unbranched alkanes of at least 4 members (excludes halogenated alkanes) is 1. The van der Waals surface area contributed by atoms with Gasteiger partial charge in [0.25, 0.3) is 0 Å². The van der Waals surface area contributed by atoms with Gasteiger partial charge in [-0.1, -0.05) is 60.7 Å². The van der Waals surface area contributed by atoms with Crippen molar-refractivity contribution in [2.24, 2.45) is 0 Å². The Morgan fingerprint density at radius 1 is 0.829 bits per heavy atom. The molecular weight excluding hydrogens is 450 g/mol. The topological polar surface area (TPSA) is 106 Å². The number of amides is 3. The summed E-state index contributed by atoms with van der Waals surface area (Å²) in [5.74, 6) is -0.153. The number of nitrogens with one attached hydrogen (secondary N) is 2. The van der Waals surface area contributed by atoms with E-state index in [2.05, 4.69) is 10.6 Å². The third kappa shape index (κ3) is 9.66. The molecule has 9 heteroatoms. The highest BCUT2D eigenvalue weighted by Crippen LogP contribution is 2.09. The lowest BCUT2D eigenvalue weighted by atomic mass is 10.1.